The van der Waals surface area contributed by atoms with Gasteiger partial charge in [0.25, 0.3) is 0 Å². The van der Waals surface area contributed by atoms with Crippen LogP contribution in [0.4, 0.5) is 5.95 Å². The van der Waals surface area contributed by atoms with Gasteiger partial charge < -0.3 is 14.7 Å². The van der Waals surface area contributed by atoms with Crippen LogP contribution in [0.3, 0.4) is 0 Å². The number of nitrogens with zero attached hydrogens (tertiary/aromatic N) is 4. The monoisotopic (exact) mass is 272 g/mol. The maximum absolute atomic E-state index is 9.13. The molecule has 2 rings (SSSR count). The zero-order valence-electron chi connectivity index (χ0n) is 10.3. The molecule has 1 aromatic rings. The van der Waals surface area contributed by atoms with Crippen molar-refractivity contribution in [3.63, 3.8) is 0 Å². The third-order valence-electron chi connectivity index (χ3n) is 2.84. The van der Waals surface area contributed by atoms with E-state index in [1.165, 1.54) is 0 Å². The molecule has 18 heavy (non-hydrogen) atoms. The van der Waals surface area contributed by atoms with E-state index in [4.69, 9.17) is 21.4 Å². The molecule has 0 aliphatic carbocycles. The topological polar surface area (TPSA) is 71.4 Å². The lowest BCUT2D eigenvalue weighted by molar-refractivity contribution is 0.238. The van der Waals surface area contributed by atoms with E-state index in [-0.39, 0.29) is 23.8 Å². The number of halogens is 1. The number of aliphatic hydroxyl groups excluding tert-OH is 1. The highest BCUT2D eigenvalue weighted by molar-refractivity contribution is 6.28. The molecule has 1 saturated heterocycles. The van der Waals surface area contributed by atoms with Gasteiger partial charge in [-0.05, 0) is 24.4 Å². The smallest absolute Gasteiger partial charge is 0.322 e. The van der Waals surface area contributed by atoms with Crippen molar-refractivity contribution in [1.29, 1.82) is 0 Å². The standard InChI is InChI=1S/C11H17ClN4O2/c1-2-5-18-11-14-9(12)13-10(15-11)16-4-3-8(6-16)7-17/h8,17H,2-7H2,1H3. The van der Waals surface area contributed by atoms with Gasteiger partial charge in [0.05, 0.1) is 6.61 Å². The molecule has 0 bridgehead atoms. The van der Waals surface area contributed by atoms with Crippen LogP contribution < -0.4 is 9.64 Å². The third-order valence-corrected chi connectivity index (χ3v) is 3.01. The summed E-state index contributed by atoms with van der Waals surface area (Å²) in [6.45, 7) is 4.31. The Morgan fingerprint density at radius 1 is 1.44 bits per heavy atom. The van der Waals surface area contributed by atoms with E-state index in [1.54, 1.807) is 0 Å². The molecule has 1 atom stereocenters. The van der Waals surface area contributed by atoms with Crippen LogP contribution in [0.1, 0.15) is 19.8 Å². The van der Waals surface area contributed by atoms with E-state index >= 15 is 0 Å². The average Bonchev–Trinajstić information content (AvgIpc) is 2.84. The predicted molar refractivity (Wildman–Crippen MR) is 68.0 cm³/mol. The first-order valence-corrected chi connectivity index (χ1v) is 6.51. The number of anilines is 1. The quantitative estimate of drug-likeness (QED) is 0.866. The van der Waals surface area contributed by atoms with Crippen LogP contribution in [0.5, 0.6) is 6.01 Å². The Labute approximate surface area is 111 Å². The van der Waals surface area contributed by atoms with Crippen LogP contribution >= 0.6 is 11.6 Å². The SMILES string of the molecule is CCCOc1nc(Cl)nc(N2CCC(CO)C2)n1. The van der Waals surface area contributed by atoms with Crippen LogP contribution in [-0.4, -0.2) is 46.4 Å². The summed E-state index contributed by atoms with van der Waals surface area (Å²) in [7, 11) is 0. The highest BCUT2D eigenvalue weighted by Gasteiger charge is 2.24. The molecule has 1 aliphatic heterocycles. The summed E-state index contributed by atoms with van der Waals surface area (Å²) in [5.74, 6) is 0.803. The van der Waals surface area contributed by atoms with E-state index in [0.29, 0.717) is 12.6 Å². The summed E-state index contributed by atoms with van der Waals surface area (Å²) >= 11 is 5.86. The summed E-state index contributed by atoms with van der Waals surface area (Å²) in [5, 5.41) is 9.26. The second-order valence-electron chi connectivity index (χ2n) is 4.32. The molecule has 1 aromatic heterocycles. The molecular formula is C11H17ClN4O2. The molecule has 0 radical (unpaired) electrons. The molecule has 0 amide bonds. The molecule has 1 unspecified atom stereocenters. The molecule has 0 aromatic carbocycles. The largest absolute Gasteiger partial charge is 0.463 e. The Morgan fingerprint density at radius 2 is 2.28 bits per heavy atom. The van der Waals surface area contributed by atoms with Crippen LogP contribution in [0.2, 0.25) is 5.28 Å². The van der Waals surface area contributed by atoms with E-state index in [2.05, 4.69) is 15.0 Å². The van der Waals surface area contributed by atoms with Crippen LogP contribution in [0, 0.1) is 5.92 Å². The zero-order chi connectivity index (χ0) is 13.0. The summed E-state index contributed by atoms with van der Waals surface area (Å²) in [4.78, 5) is 14.3. The molecular weight excluding hydrogens is 256 g/mol. The van der Waals surface area contributed by atoms with Crippen molar-refractivity contribution in [1.82, 2.24) is 15.0 Å². The third kappa shape index (κ3) is 3.20. The van der Waals surface area contributed by atoms with Gasteiger partial charge in [-0.25, -0.2) is 0 Å². The lowest BCUT2D eigenvalue weighted by Crippen LogP contribution is -2.23. The summed E-state index contributed by atoms with van der Waals surface area (Å²) < 4.78 is 5.37. The molecule has 2 heterocycles. The van der Waals surface area contributed by atoms with Crippen molar-refractivity contribution in [2.45, 2.75) is 19.8 Å². The minimum absolute atomic E-state index is 0.138. The van der Waals surface area contributed by atoms with Crippen molar-refractivity contribution in [2.75, 3.05) is 31.2 Å². The van der Waals surface area contributed by atoms with Gasteiger partial charge in [0, 0.05) is 25.6 Å². The first-order valence-electron chi connectivity index (χ1n) is 6.13. The van der Waals surface area contributed by atoms with Gasteiger partial charge in [-0.2, -0.15) is 15.0 Å². The minimum atomic E-state index is 0.138. The van der Waals surface area contributed by atoms with E-state index in [9.17, 15) is 0 Å². The Balaban J connectivity index is 2.10. The first kappa shape index (κ1) is 13.3. The summed E-state index contributed by atoms with van der Waals surface area (Å²) in [6, 6.07) is 0.263. The minimum Gasteiger partial charge on any atom is -0.463 e. The number of hydrogen-bond acceptors (Lipinski definition) is 6. The van der Waals surface area contributed by atoms with E-state index < -0.39 is 0 Å². The Hall–Kier alpha value is -1.14. The fourth-order valence-corrected chi connectivity index (χ4v) is 2.03. The van der Waals surface area contributed by atoms with Crippen molar-refractivity contribution in [3.8, 4) is 6.01 Å². The lowest BCUT2D eigenvalue weighted by Gasteiger charge is -2.16. The maximum Gasteiger partial charge on any atom is 0.322 e. The predicted octanol–water partition coefficient (Wildman–Crippen LogP) is 1.13. The van der Waals surface area contributed by atoms with Gasteiger partial charge in [-0.1, -0.05) is 6.92 Å². The highest BCUT2D eigenvalue weighted by atomic mass is 35.5. The van der Waals surface area contributed by atoms with Crippen LogP contribution in [-0.2, 0) is 0 Å². The summed E-state index contributed by atoms with van der Waals surface area (Å²) in [5.41, 5.74) is 0. The molecule has 1 fully saturated rings. The van der Waals surface area contributed by atoms with Gasteiger partial charge in [0.2, 0.25) is 11.2 Å². The van der Waals surface area contributed by atoms with Gasteiger partial charge in [0.1, 0.15) is 0 Å². The first-order chi connectivity index (χ1) is 8.72. The number of aromatic nitrogens is 3. The number of rotatable bonds is 5. The molecule has 100 valence electrons. The molecule has 1 N–H and O–H groups in total. The number of hydrogen-bond donors (Lipinski definition) is 1. The summed E-state index contributed by atoms with van der Waals surface area (Å²) in [6.07, 6.45) is 1.82. The fourth-order valence-electron chi connectivity index (χ4n) is 1.88. The Morgan fingerprint density at radius 3 is 2.94 bits per heavy atom. The van der Waals surface area contributed by atoms with Gasteiger partial charge in [0.15, 0.2) is 0 Å². The number of aliphatic hydroxyl groups is 1. The second-order valence-corrected chi connectivity index (χ2v) is 4.66. The van der Waals surface area contributed by atoms with Gasteiger partial charge >= 0.3 is 6.01 Å². The lowest BCUT2D eigenvalue weighted by atomic mass is 10.1. The molecule has 1 aliphatic rings. The van der Waals surface area contributed by atoms with E-state index in [1.807, 2.05) is 11.8 Å². The molecule has 7 heteroatoms. The van der Waals surface area contributed by atoms with Crippen molar-refractivity contribution < 1.29 is 9.84 Å². The fraction of sp³-hybridized carbons (Fsp3) is 0.727. The second kappa shape index (κ2) is 6.15. The normalized spacial score (nSPS) is 19.3. The van der Waals surface area contributed by atoms with Crippen LogP contribution in [0.15, 0.2) is 0 Å². The van der Waals surface area contributed by atoms with Crippen molar-refractivity contribution >= 4 is 17.5 Å². The molecule has 0 saturated carbocycles. The van der Waals surface area contributed by atoms with E-state index in [0.717, 1.165) is 25.9 Å². The molecule has 6 nitrogen and oxygen atoms in total. The van der Waals surface area contributed by atoms with Gasteiger partial charge in [-0.3, -0.25) is 0 Å². The van der Waals surface area contributed by atoms with Gasteiger partial charge in [-0.15, -0.1) is 0 Å². The maximum atomic E-state index is 9.13. The number of ether oxygens (including phenoxy) is 1. The van der Waals surface area contributed by atoms with Crippen molar-refractivity contribution in [2.24, 2.45) is 5.92 Å². The average molecular weight is 273 g/mol. The molecule has 0 spiro atoms. The Bertz CT molecular complexity index is 405. The van der Waals surface area contributed by atoms with Crippen LogP contribution in [0.25, 0.3) is 0 Å². The zero-order valence-corrected chi connectivity index (χ0v) is 11.1. The Kier molecular flexibility index (Phi) is 4.54. The highest BCUT2D eigenvalue weighted by Crippen LogP contribution is 2.22. The van der Waals surface area contributed by atoms with Crippen molar-refractivity contribution in [3.05, 3.63) is 5.28 Å².